The third kappa shape index (κ3) is 4.03. The third-order valence-electron chi connectivity index (χ3n) is 3.90. The third-order valence-corrected chi connectivity index (χ3v) is 5.95. The molecule has 3 rings (SSSR count). The summed E-state index contributed by atoms with van der Waals surface area (Å²) in [5.41, 5.74) is 1.09. The summed E-state index contributed by atoms with van der Waals surface area (Å²) in [4.78, 5) is 0.406. The average molecular weight is 329 g/mol. The normalized spacial score (nSPS) is 19.1. The Bertz CT molecular complexity index is 589. The maximum Gasteiger partial charge on any atom is 0.242 e. The molecule has 0 aromatic carbocycles. The highest BCUT2D eigenvalue weighted by Crippen LogP contribution is 2.37. The predicted molar refractivity (Wildman–Crippen MR) is 86.1 cm³/mol. The Hall–Kier alpha value is -0.500. The molecule has 0 amide bonds. The topological polar surface area (TPSA) is 63.1 Å². The van der Waals surface area contributed by atoms with E-state index in [2.05, 4.69) is 14.6 Å². The molecule has 2 aliphatic rings. The van der Waals surface area contributed by atoms with Crippen LogP contribution >= 0.6 is 11.8 Å². The van der Waals surface area contributed by atoms with Crippen LogP contribution in [0, 0.1) is 0 Å². The Kier molecular flexibility index (Phi) is 4.63. The Labute approximate surface area is 130 Å². The monoisotopic (exact) mass is 329 g/mol. The Morgan fingerprint density at radius 3 is 2.71 bits per heavy atom. The zero-order valence-corrected chi connectivity index (χ0v) is 14.0. The Balaban J connectivity index is 1.73. The molecule has 1 aromatic rings. The molecule has 0 saturated heterocycles. The molecule has 0 spiro atoms. The van der Waals surface area contributed by atoms with Gasteiger partial charge in [-0.1, -0.05) is 0 Å². The van der Waals surface area contributed by atoms with Crippen LogP contribution in [0.3, 0.4) is 0 Å². The molecule has 21 heavy (non-hydrogen) atoms. The van der Waals surface area contributed by atoms with Crippen molar-refractivity contribution < 1.29 is 8.42 Å². The molecule has 2 fully saturated rings. The molecule has 118 valence electrons. The van der Waals surface area contributed by atoms with E-state index in [-0.39, 0.29) is 0 Å². The van der Waals surface area contributed by atoms with Gasteiger partial charge in [-0.25, -0.2) is 13.1 Å². The van der Waals surface area contributed by atoms with Crippen molar-refractivity contribution in [2.24, 2.45) is 0 Å². The van der Waals surface area contributed by atoms with Crippen LogP contribution in [-0.2, 0) is 16.6 Å². The smallest absolute Gasteiger partial charge is 0.242 e. The number of nitrogens with one attached hydrogen (secondary N) is 2. The second-order valence-electron chi connectivity index (χ2n) is 5.85. The molecule has 0 unspecified atom stereocenters. The van der Waals surface area contributed by atoms with Gasteiger partial charge < -0.3 is 9.88 Å². The highest BCUT2D eigenvalue weighted by molar-refractivity contribution is 7.98. The van der Waals surface area contributed by atoms with E-state index in [1.807, 2.05) is 18.5 Å². The van der Waals surface area contributed by atoms with Gasteiger partial charge in [-0.3, -0.25) is 0 Å². The second-order valence-corrected chi connectivity index (χ2v) is 8.60. The lowest BCUT2D eigenvalue weighted by Gasteiger charge is -2.07. The summed E-state index contributed by atoms with van der Waals surface area (Å²) in [6, 6.07) is 2.96. The standard InChI is InChI=1S/C14H23N3O2S2/c1-20-7-6-16-21(18,19)14-8-13(9-15-11-2-3-11)17(10-14)12-4-5-12/h8,10-12,15-16H,2-7,9H2,1H3. The number of thioether (sulfide) groups is 1. The van der Waals surface area contributed by atoms with Crippen LogP contribution in [0.1, 0.15) is 37.4 Å². The van der Waals surface area contributed by atoms with Crippen LogP contribution in [-0.4, -0.2) is 37.6 Å². The van der Waals surface area contributed by atoms with Crippen LogP contribution in [0.25, 0.3) is 0 Å². The molecular weight excluding hydrogens is 306 g/mol. The minimum absolute atomic E-state index is 0.406. The van der Waals surface area contributed by atoms with Gasteiger partial charge in [0.2, 0.25) is 10.0 Å². The van der Waals surface area contributed by atoms with Crippen molar-refractivity contribution in [3.8, 4) is 0 Å². The van der Waals surface area contributed by atoms with E-state index < -0.39 is 10.0 Å². The van der Waals surface area contributed by atoms with Crippen molar-refractivity contribution in [3.05, 3.63) is 18.0 Å². The molecule has 1 heterocycles. The van der Waals surface area contributed by atoms with E-state index >= 15 is 0 Å². The lowest BCUT2D eigenvalue weighted by atomic mass is 10.4. The fourth-order valence-corrected chi connectivity index (χ4v) is 3.89. The largest absolute Gasteiger partial charge is 0.346 e. The first-order valence-electron chi connectivity index (χ1n) is 7.53. The van der Waals surface area contributed by atoms with Crippen molar-refractivity contribution in [2.75, 3.05) is 18.6 Å². The first-order chi connectivity index (χ1) is 10.1. The van der Waals surface area contributed by atoms with E-state index in [4.69, 9.17) is 0 Å². The van der Waals surface area contributed by atoms with Gasteiger partial charge in [-0.2, -0.15) is 11.8 Å². The van der Waals surface area contributed by atoms with E-state index in [9.17, 15) is 8.42 Å². The van der Waals surface area contributed by atoms with E-state index in [0.29, 0.717) is 23.5 Å². The summed E-state index contributed by atoms with van der Waals surface area (Å²) >= 11 is 1.64. The highest BCUT2D eigenvalue weighted by atomic mass is 32.2. The summed E-state index contributed by atoms with van der Waals surface area (Å²) in [5.74, 6) is 0.790. The van der Waals surface area contributed by atoms with Gasteiger partial charge in [0.05, 0.1) is 4.90 Å². The number of nitrogens with zero attached hydrogens (tertiary/aromatic N) is 1. The van der Waals surface area contributed by atoms with Crippen LogP contribution in [0.2, 0.25) is 0 Å². The zero-order chi connectivity index (χ0) is 14.9. The van der Waals surface area contributed by atoms with Gasteiger partial charge in [-0.15, -0.1) is 0 Å². The first kappa shape index (κ1) is 15.4. The Morgan fingerprint density at radius 1 is 1.33 bits per heavy atom. The summed E-state index contributed by atoms with van der Waals surface area (Å²) in [6.45, 7) is 1.25. The minimum atomic E-state index is -3.37. The minimum Gasteiger partial charge on any atom is -0.346 e. The van der Waals surface area contributed by atoms with Gasteiger partial charge in [-0.05, 0) is 38.0 Å². The number of hydrogen-bond acceptors (Lipinski definition) is 4. The quantitative estimate of drug-likeness (QED) is 0.677. The zero-order valence-electron chi connectivity index (χ0n) is 12.3. The molecule has 0 bridgehead atoms. The van der Waals surface area contributed by atoms with Crippen molar-refractivity contribution in [1.82, 2.24) is 14.6 Å². The maximum atomic E-state index is 12.3. The average Bonchev–Trinajstić information content (AvgIpc) is 3.36. The van der Waals surface area contributed by atoms with Crippen LogP contribution in [0.4, 0.5) is 0 Å². The lowest BCUT2D eigenvalue weighted by molar-refractivity contribution is 0.583. The lowest BCUT2D eigenvalue weighted by Crippen LogP contribution is -2.25. The molecule has 2 N–H and O–H groups in total. The number of sulfonamides is 1. The van der Waals surface area contributed by atoms with Gasteiger partial charge in [0.15, 0.2) is 0 Å². The fourth-order valence-electron chi connectivity index (χ4n) is 2.38. The van der Waals surface area contributed by atoms with Crippen LogP contribution in [0.15, 0.2) is 17.2 Å². The summed E-state index contributed by atoms with van der Waals surface area (Å²) < 4.78 is 29.4. The van der Waals surface area contributed by atoms with Crippen LogP contribution in [0.5, 0.6) is 0 Å². The number of aromatic nitrogens is 1. The molecule has 0 atom stereocenters. The summed E-state index contributed by atoms with van der Waals surface area (Å²) in [5, 5.41) is 3.47. The fraction of sp³-hybridized carbons (Fsp3) is 0.714. The molecule has 2 saturated carbocycles. The van der Waals surface area contributed by atoms with E-state index in [0.717, 1.165) is 30.8 Å². The first-order valence-corrected chi connectivity index (χ1v) is 10.4. The molecule has 0 aliphatic heterocycles. The van der Waals surface area contributed by atoms with Gasteiger partial charge in [0.1, 0.15) is 0 Å². The second kappa shape index (κ2) is 6.32. The number of hydrogen-bond donors (Lipinski definition) is 2. The molecule has 0 radical (unpaired) electrons. The van der Waals surface area contributed by atoms with Crippen molar-refractivity contribution in [2.45, 2.75) is 49.2 Å². The molecule has 2 aliphatic carbocycles. The SMILES string of the molecule is CSCCNS(=O)(=O)c1cc(CNC2CC2)n(C2CC2)c1. The molecule has 7 heteroatoms. The van der Waals surface area contributed by atoms with Crippen molar-refractivity contribution in [3.63, 3.8) is 0 Å². The van der Waals surface area contributed by atoms with Gasteiger partial charge >= 0.3 is 0 Å². The molecule has 1 aromatic heterocycles. The summed E-state index contributed by atoms with van der Waals surface area (Å²) in [7, 11) is -3.37. The molecule has 5 nitrogen and oxygen atoms in total. The van der Waals surface area contributed by atoms with Gasteiger partial charge in [0, 0.05) is 42.8 Å². The number of rotatable bonds is 9. The van der Waals surface area contributed by atoms with E-state index in [1.165, 1.54) is 12.8 Å². The molecular formula is C14H23N3O2S2. The van der Waals surface area contributed by atoms with E-state index in [1.54, 1.807) is 11.8 Å². The highest BCUT2D eigenvalue weighted by Gasteiger charge is 2.29. The van der Waals surface area contributed by atoms with Crippen LogP contribution < -0.4 is 10.0 Å². The maximum absolute atomic E-state index is 12.3. The van der Waals surface area contributed by atoms with Crippen molar-refractivity contribution in [1.29, 1.82) is 0 Å². The summed E-state index contributed by atoms with van der Waals surface area (Å²) in [6.07, 6.45) is 8.58. The van der Waals surface area contributed by atoms with Crippen molar-refractivity contribution >= 4 is 21.8 Å². The Morgan fingerprint density at radius 2 is 2.10 bits per heavy atom. The van der Waals surface area contributed by atoms with Gasteiger partial charge in [0.25, 0.3) is 0 Å². The predicted octanol–water partition coefficient (Wildman–Crippen LogP) is 1.72.